The van der Waals surface area contributed by atoms with Crippen LogP contribution in [0.15, 0.2) is 127 Å². The van der Waals surface area contributed by atoms with Gasteiger partial charge in [-0.15, -0.1) is 22.7 Å². The van der Waals surface area contributed by atoms with E-state index >= 15 is 0 Å². The third-order valence-corrected chi connectivity index (χ3v) is 12.1. The van der Waals surface area contributed by atoms with E-state index in [9.17, 15) is 26.3 Å². The third kappa shape index (κ3) is 18.2. The normalized spacial score (nSPS) is 10.5. The molecule has 0 atom stereocenters. The Bertz CT molecular complexity index is 3300. The van der Waals surface area contributed by atoms with Gasteiger partial charge in [-0.1, -0.05) is 37.8 Å². The Morgan fingerprint density at radius 3 is 1.59 bits per heavy atom. The molecular formula is C44H35BrClF6N19O3S2. The van der Waals surface area contributed by atoms with E-state index < -0.39 is 24.1 Å². The van der Waals surface area contributed by atoms with Crippen molar-refractivity contribution >= 4 is 79.3 Å². The molecule has 0 radical (unpaired) electrons. The molecule has 32 heteroatoms. The number of nitrogens with two attached hydrogens (primary N) is 1. The molecule has 392 valence electrons. The van der Waals surface area contributed by atoms with Crippen molar-refractivity contribution in [2.45, 2.75) is 45.0 Å². The summed E-state index contributed by atoms with van der Waals surface area (Å²) in [6, 6.07) is 6.88. The minimum atomic E-state index is -4.68. The second kappa shape index (κ2) is 28.9. The molecule has 0 aliphatic rings. The molecule has 10 rings (SSSR count). The number of hydrogen-bond donors (Lipinski definition) is 2. The summed E-state index contributed by atoms with van der Waals surface area (Å²) in [5, 5.41) is 10.9. The fourth-order valence-electron chi connectivity index (χ4n) is 5.27. The number of halogens is 8. The van der Waals surface area contributed by atoms with Crippen molar-refractivity contribution in [2.24, 2.45) is 0 Å². The van der Waals surface area contributed by atoms with Crippen LogP contribution in [0.4, 0.5) is 55.4 Å². The van der Waals surface area contributed by atoms with Gasteiger partial charge in [-0.3, -0.25) is 15.0 Å². The van der Waals surface area contributed by atoms with Gasteiger partial charge in [-0.2, -0.15) is 36.3 Å². The summed E-state index contributed by atoms with van der Waals surface area (Å²) in [7, 11) is 0. The molecule has 0 saturated carbocycles. The van der Waals surface area contributed by atoms with Crippen LogP contribution in [0.1, 0.15) is 38.2 Å². The molecule has 76 heavy (non-hydrogen) atoms. The van der Waals surface area contributed by atoms with E-state index in [0.29, 0.717) is 50.1 Å². The van der Waals surface area contributed by atoms with Gasteiger partial charge in [0, 0.05) is 87.5 Å². The van der Waals surface area contributed by atoms with Crippen molar-refractivity contribution in [3.63, 3.8) is 0 Å². The SMILES string of the molecule is Cc1cncnc1Cl.Cc1cncnc1N(Cc1ccc(-c2noc(C(F)(F)F)n2)s1)c1cnccn1.Cc1cncnc1Nc1cnccn1.FC(F)(F)c1nc(-c2ccc(CBr)s2)no1.Nc1cnccn1.[C-]#[O+]. The molecular weight excluding hydrogens is 1140 g/mol. The quantitative estimate of drug-likeness (QED) is 0.0446. The number of rotatable bonds is 9. The van der Waals surface area contributed by atoms with Crippen LogP contribution < -0.4 is 16.0 Å². The zero-order valence-corrected chi connectivity index (χ0v) is 43.1. The van der Waals surface area contributed by atoms with Crippen molar-refractivity contribution in [3.05, 3.63) is 168 Å². The number of alkyl halides is 7. The minimum absolute atomic E-state index is 0.0375. The molecule has 0 aliphatic heterocycles. The topological polar surface area (TPSA) is 294 Å². The van der Waals surface area contributed by atoms with Crippen LogP contribution in [0.3, 0.4) is 0 Å². The molecule has 0 aliphatic carbocycles. The Morgan fingerprint density at radius 2 is 1.16 bits per heavy atom. The van der Waals surface area contributed by atoms with E-state index in [1.807, 2.05) is 25.7 Å². The van der Waals surface area contributed by atoms with E-state index in [1.165, 1.54) is 47.9 Å². The first-order chi connectivity index (χ1) is 36.5. The molecule has 10 heterocycles. The van der Waals surface area contributed by atoms with Crippen molar-refractivity contribution in [2.75, 3.05) is 16.0 Å². The van der Waals surface area contributed by atoms with E-state index in [4.69, 9.17) is 22.0 Å². The summed E-state index contributed by atoms with van der Waals surface area (Å²) >= 11 is 11.4. The van der Waals surface area contributed by atoms with E-state index in [0.717, 1.165) is 32.3 Å². The summed E-state index contributed by atoms with van der Waals surface area (Å²) in [6.45, 7) is 10.5. The molecule has 0 fully saturated rings. The van der Waals surface area contributed by atoms with Gasteiger partial charge in [0.25, 0.3) is 0 Å². The van der Waals surface area contributed by atoms with Crippen molar-refractivity contribution < 1.29 is 40.0 Å². The Balaban J connectivity index is 0.000000192. The van der Waals surface area contributed by atoms with Crippen LogP contribution in [0.25, 0.3) is 21.4 Å². The number of hydrogen-bond acceptors (Lipinski definition) is 23. The fourth-order valence-corrected chi connectivity index (χ4v) is 7.59. The number of aryl methyl sites for hydroxylation is 3. The van der Waals surface area contributed by atoms with Crippen LogP contribution in [-0.4, -0.2) is 80.1 Å². The Morgan fingerprint density at radius 1 is 0.632 bits per heavy atom. The first-order valence-electron chi connectivity index (χ1n) is 20.8. The molecule has 0 unspecified atom stereocenters. The van der Waals surface area contributed by atoms with E-state index in [1.54, 1.807) is 92.4 Å². The predicted molar refractivity (Wildman–Crippen MR) is 267 cm³/mol. The predicted octanol–water partition coefficient (Wildman–Crippen LogP) is 10.5. The summed E-state index contributed by atoms with van der Waals surface area (Å²) in [5.74, 6) is 0.258. The molecule has 22 nitrogen and oxygen atoms in total. The Labute approximate surface area is 447 Å². The van der Waals surface area contributed by atoms with Gasteiger partial charge < -0.3 is 25.0 Å². The van der Waals surface area contributed by atoms with Crippen LogP contribution >= 0.6 is 50.2 Å². The Kier molecular flexibility index (Phi) is 22.3. The molecule has 10 aromatic rings. The molecule has 0 saturated heterocycles. The Hall–Kier alpha value is -8.35. The van der Waals surface area contributed by atoms with Gasteiger partial charge in [0.05, 0.1) is 34.9 Å². The second-order valence-electron chi connectivity index (χ2n) is 14.1. The zero-order valence-electron chi connectivity index (χ0n) is 39.1. The first kappa shape index (κ1) is 58.5. The maximum absolute atomic E-state index is 12.7. The van der Waals surface area contributed by atoms with Gasteiger partial charge in [0.1, 0.15) is 47.4 Å². The third-order valence-electron chi connectivity index (χ3n) is 8.62. The van der Waals surface area contributed by atoms with Crippen LogP contribution in [0.5, 0.6) is 0 Å². The summed E-state index contributed by atoms with van der Waals surface area (Å²) < 4.78 is 90.6. The van der Waals surface area contributed by atoms with Crippen molar-refractivity contribution in [1.82, 2.24) is 80.1 Å². The number of aromatic nitrogens is 16. The average molecular weight is 1170 g/mol. The van der Waals surface area contributed by atoms with Gasteiger partial charge >= 0.3 is 35.4 Å². The summed E-state index contributed by atoms with van der Waals surface area (Å²) in [5.41, 5.74) is 7.90. The maximum atomic E-state index is 12.7. The molecule has 10 aromatic heterocycles. The molecule has 0 aromatic carbocycles. The van der Waals surface area contributed by atoms with Crippen LogP contribution in [-0.2, 0) is 28.9 Å². The molecule has 3 N–H and O–H groups in total. The van der Waals surface area contributed by atoms with Gasteiger partial charge in [0.15, 0.2) is 5.82 Å². The number of nitrogens with one attached hydrogen (secondary N) is 1. The zero-order chi connectivity index (χ0) is 55.1. The van der Waals surface area contributed by atoms with Crippen molar-refractivity contribution in [1.29, 1.82) is 0 Å². The summed E-state index contributed by atoms with van der Waals surface area (Å²) in [4.78, 5) is 59.0. The van der Waals surface area contributed by atoms with E-state index in [-0.39, 0.29) is 11.6 Å². The molecule has 0 spiro atoms. The molecule has 0 bridgehead atoms. The van der Waals surface area contributed by atoms with Gasteiger partial charge in [0.2, 0.25) is 11.6 Å². The first-order valence-corrected chi connectivity index (χ1v) is 23.9. The molecule has 0 amide bonds. The number of nitrogens with zero attached hydrogens (tertiary/aromatic N) is 17. The van der Waals surface area contributed by atoms with E-state index in [2.05, 4.69) is 117 Å². The van der Waals surface area contributed by atoms with Crippen molar-refractivity contribution in [3.8, 4) is 21.4 Å². The summed E-state index contributed by atoms with van der Waals surface area (Å²) in [6.07, 6.45) is 14.4. The van der Waals surface area contributed by atoms with Crippen LogP contribution in [0, 0.1) is 27.4 Å². The fraction of sp³-hybridized carbons (Fsp3) is 0.159. The number of nitrogen functional groups attached to an aromatic ring is 1. The van der Waals surface area contributed by atoms with Gasteiger partial charge in [-0.05, 0) is 45.0 Å². The number of thiophene rings is 2. The standard InChI is InChI=1S/C17H12F3N7OS.C9H9N5.C8H4BrF3N2OS.C5H5ClN2.C4H5N3.CO/c1-10-6-22-9-24-15(10)27(13-7-21-4-5-23-13)8-11-2-3-12(29-11)14-25-16(28-26-14)17(18,19)20;1-7-4-11-6-13-9(7)14-8-5-10-2-3-12-8;9-3-4-1-2-5(16-4)6-13-7(15-14-6)8(10,11)12;1-4-2-7-3-8-5(4)6;5-4-3-6-1-2-7-4;1-2/h2-7,9H,8H2,1H3;2-6H,1H3,(H,11,12,13,14);1-2H,3H2;2-3H,1H3;1-3H,(H2,5,7);. The number of anilines is 5. The average Bonchev–Trinajstić information content (AvgIpc) is 4.29. The van der Waals surface area contributed by atoms with Crippen LogP contribution in [0.2, 0.25) is 5.15 Å². The monoisotopic (exact) mass is 1170 g/mol. The second-order valence-corrected chi connectivity index (χ2v) is 17.3. The van der Waals surface area contributed by atoms with Gasteiger partial charge in [-0.25, -0.2) is 44.9 Å².